The van der Waals surface area contributed by atoms with Crippen molar-refractivity contribution in [2.75, 3.05) is 20.3 Å². The Hall–Kier alpha value is -1.86. The van der Waals surface area contributed by atoms with Crippen molar-refractivity contribution in [3.8, 4) is 5.69 Å². The van der Waals surface area contributed by atoms with E-state index in [2.05, 4.69) is 20.8 Å². The van der Waals surface area contributed by atoms with E-state index in [1.807, 2.05) is 13.0 Å². The Morgan fingerprint density at radius 2 is 2.26 bits per heavy atom. The first-order chi connectivity index (χ1) is 9.22. The first kappa shape index (κ1) is 13.6. The van der Waals surface area contributed by atoms with Gasteiger partial charge >= 0.3 is 0 Å². The van der Waals surface area contributed by atoms with Crippen LogP contribution < -0.4 is 5.32 Å². The Morgan fingerprint density at radius 1 is 1.42 bits per heavy atom. The van der Waals surface area contributed by atoms with E-state index in [9.17, 15) is 4.39 Å². The van der Waals surface area contributed by atoms with Crippen LogP contribution in [0.3, 0.4) is 0 Å². The molecule has 0 saturated heterocycles. The second kappa shape index (κ2) is 6.35. The molecule has 2 aromatic rings. The molecule has 102 valence electrons. The average molecular weight is 265 g/mol. The van der Waals surface area contributed by atoms with E-state index in [1.54, 1.807) is 13.2 Å². The lowest BCUT2D eigenvalue weighted by atomic mass is 10.2. The number of methoxy groups -OCH3 is 1. The molecule has 0 spiro atoms. The maximum absolute atomic E-state index is 13.9. The molecule has 0 aliphatic carbocycles. The van der Waals surface area contributed by atoms with E-state index in [0.717, 1.165) is 5.56 Å². The van der Waals surface area contributed by atoms with E-state index in [-0.39, 0.29) is 5.82 Å². The molecule has 1 N–H and O–H groups in total. The monoisotopic (exact) mass is 265 g/mol. The van der Waals surface area contributed by atoms with Gasteiger partial charge in [-0.05, 0) is 35.0 Å². The van der Waals surface area contributed by atoms with Gasteiger partial charge in [-0.2, -0.15) is 4.68 Å². The summed E-state index contributed by atoms with van der Waals surface area (Å²) in [5, 5.41) is 14.4. The molecule has 0 saturated carbocycles. The van der Waals surface area contributed by atoms with Crippen molar-refractivity contribution in [1.29, 1.82) is 0 Å². The molecule has 7 heteroatoms. The summed E-state index contributed by atoms with van der Waals surface area (Å²) in [6.45, 7) is 3.56. The van der Waals surface area contributed by atoms with Crippen molar-refractivity contribution in [1.82, 2.24) is 25.5 Å². The van der Waals surface area contributed by atoms with E-state index in [1.165, 1.54) is 10.7 Å². The molecule has 19 heavy (non-hydrogen) atoms. The number of hydrogen-bond acceptors (Lipinski definition) is 5. The van der Waals surface area contributed by atoms with Gasteiger partial charge in [-0.1, -0.05) is 6.07 Å². The van der Waals surface area contributed by atoms with Crippen LogP contribution in [0.5, 0.6) is 0 Å². The minimum atomic E-state index is -0.342. The zero-order chi connectivity index (χ0) is 13.7. The molecule has 1 heterocycles. The highest BCUT2D eigenvalue weighted by molar-refractivity contribution is 5.35. The Labute approximate surface area is 110 Å². The normalized spacial score (nSPS) is 10.9. The smallest absolute Gasteiger partial charge is 0.170 e. The molecule has 1 aromatic heterocycles. The molecular formula is C12H16FN5O. The lowest BCUT2D eigenvalue weighted by Gasteiger charge is -2.07. The molecule has 0 unspecified atom stereocenters. The lowest BCUT2D eigenvalue weighted by Crippen LogP contribution is -2.21. The van der Waals surface area contributed by atoms with Crippen molar-refractivity contribution in [2.45, 2.75) is 13.5 Å². The topological polar surface area (TPSA) is 64.9 Å². The number of nitrogens with zero attached hydrogens (tertiary/aromatic N) is 4. The van der Waals surface area contributed by atoms with E-state index < -0.39 is 0 Å². The molecule has 0 radical (unpaired) electrons. The summed E-state index contributed by atoms with van der Waals surface area (Å²) in [6.07, 6.45) is 0. The maximum Gasteiger partial charge on any atom is 0.170 e. The van der Waals surface area contributed by atoms with E-state index >= 15 is 0 Å². The highest BCUT2D eigenvalue weighted by Crippen LogP contribution is 2.14. The summed E-state index contributed by atoms with van der Waals surface area (Å²) in [4.78, 5) is 0. The van der Waals surface area contributed by atoms with Gasteiger partial charge in [-0.15, -0.1) is 5.10 Å². The van der Waals surface area contributed by atoms with Crippen LogP contribution in [0.15, 0.2) is 18.2 Å². The van der Waals surface area contributed by atoms with Gasteiger partial charge in [0.2, 0.25) is 0 Å². The molecule has 6 nitrogen and oxygen atoms in total. The average Bonchev–Trinajstić information content (AvgIpc) is 2.83. The highest BCUT2D eigenvalue weighted by Gasteiger charge is 2.11. The minimum Gasteiger partial charge on any atom is -0.383 e. The number of rotatable bonds is 6. The van der Waals surface area contributed by atoms with Crippen molar-refractivity contribution >= 4 is 0 Å². The highest BCUT2D eigenvalue weighted by atomic mass is 19.1. The number of benzene rings is 1. The zero-order valence-corrected chi connectivity index (χ0v) is 10.9. The van der Waals surface area contributed by atoms with Gasteiger partial charge in [-0.25, -0.2) is 4.39 Å². The van der Waals surface area contributed by atoms with Crippen molar-refractivity contribution < 1.29 is 9.13 Å². The third-order valence-electron chi connectivity index (χ3n) is 2.63. The van der Waals surface area contributed by atoms with Gasteiger partial charge in [0.05, 0.1) is 13.2 Å². The Bertz CT molecular complexity index is 543. The van der Waals surface area contributed by atoms with Gasteiger partial charge < -0.3 is 10.1 Å². The summed E-state index contributed by atoms with van der Waals surface area (Å²) in [5.41, 5.74) is 1.20. The van der Waals surface area contributed by atoms with Crippen molar-refractivity contribution in [3.63, 3.8) is 0 Å². The van der Waals surface area contributed by atoms with Crippen molar-refractivity contribution in [2.24, 2.45) is 0 Å². The molecule has 1 aromatic carbocycles. The van der Waals surface area contributed by atoms with Gasteiger partial charge in [0.15, 0.2) is 5.82 Å². The molecule has 0 aliphatic rings. The molecule has 0 bridgehead atoms. The summed E-state index contributed by atoms with van der Waals surface area (Å²) in [6, 6.07) is 4.95. The Balaban J connectivity index is 2.14. The first-order valence-corrected chi connectivity index (χ1v) is 5.96. The third kappa shape index (κ3) is 3.33. The molecule has 0 amide bonds. The Kier molecular flexibility index (Phi) is 4.53. The van der Waals surface area contributed by atoms with Crippen LogP contribution in [-0.4, -0.2) is 40.5 Å². The van der Waals surface area contributed by atoms with Crippen LogP contribution in [0.2, 0.25) is 0 Å². The molecule has 0 aliphatic heterocycles. The second-order valence-corrected chi connectivity index (χ2v) is 4.13. The van der Waals surface area contributed by atoms with Crippen LogP contribution in [-0.2, 0) is 11.3 Å². The fourth-order valence-electron chi connectivity index (χ4n) is 1.66. The summed E-state index contributed by atoms with van der Waals surface area (Å²) >= 11 is 0. The van der Waals surface area contributed by atoms with Crippen molar-refractivity contribution in [3.05, 3.63) is 35.4 Å². The van der Waals surface area contributed by atoms with Crippen LogP contribution in [0, 0.1) is 12.7 Å². The number of halogens is 1. The SMILES string of the molecule is COCCNCc1nnnn1-c1ccc(C)cc1F. The number of nitrogens with one attached hydrogen (secondary N) is 1. The van der Waals surface area contributed by atoms with E-state index in [4.69, 9.17) is 4.74 Å². The largest absolute Gasteiger partial charge is 0.383 e. The molecule has 2 rings (SSSR count). The summed E-state index contributed by atoms with van der Waals surface area (Å²) in [5.74, 6) is 0.212. The molecular weight excluding hydrogens is 249 g/mol. The number of aromatic nitrogens is 4. The van der Waals surface area contributed by atoms with E-state index in [0.29, 0.717) is 31.2 Å². The summed E-state index contributed by atoms with van der Waals surface area (Å²) in [7, 11) is 1.63. The fourth-order valence-corrected chi connectivity index (χ4v) is 1.66. The molecule has 0 fully saturated rings. The molecule has 0 atom stereocenters. The minimum absolute atomic E-state index is 0.342. The van der Waals surface area contributed by atoms with Crippen LogP contribution >= 0.6 is 0 Å². The first-order valence-electron chi connectivity index (χ1n) is 5.96. The second-order valence-electron chi connectivity index (χ2n) is 4.13. The van der Waals surface area contributed by atoms with Gasteiger partial charge in [-0.3, -0.25) is 0 Å². The Morgan fingerprint density at radius 3 is 3.00 bits per heavy atom. The lowest BCUT2D eigenvalue weighted by molar-refractivity contribution is 0.199. The van der Waals surface area contributed by atoms with Gasteiger partial charge in [0.25, 0.3) is 0 Å². The van der Waals surface area contributed by atoms with Crippen LogP contribution in [0.1, 0.15) is 11.4 Å². The van der Waals surface area contributed by atoms with Crippen LogP contribution in [0.25, 0.3) is 5.69 Å². The van der Waals surface area contributed by atoms with Crippen LogP contribution in [0.4, 0.5) is 4.39 Å². The quantitative estimate of drug-likeness (QED) is 0.784. The van der Waals surface area contributed by atoms with Gasteiger partial charge in [0.1, 0.15) is 11.5 Å². The summed E-state index contributed by atoms with van der Waals surface area (Å²) < 4.78 is 20.2. The van der Waals surface area contributed by atoms with Gasteiger partial charge in [0, 0.05) is 13.7 Å². The predicted octanol–water partition coefficient (Wildman–Crippen LogP) is 0.846. The number of ether oxygens (including phenoxy) is 1. The number of tetrazole rings is 1. The number of aryl methyl sites for hydroxylation is 1. The fraction of sp³-hybridized carbons (Fsp3) is 0.417. The maximum atomic E-state index is 13.9. The number of hydrogen-bond donors (Lipinski definition) is 1. The zero-order valence-electron chi connectivity index (χ0n) is 10.9. The third-order valence-corrected chi connectivity index (χ3v) is 2.63. The predicted molar refractivity (Wildman–Crippen MR) is 67.4 cm³/mol. The standard InChI is InChI=1S/C12H16FN5O/c1-9-3-4-11(10(13)7-9)18-12(15-16-17-18)8-14-5-6-19-2/h3-4,7,14H,5-6,8H2,1-2H3.